The first kappa shape index (κ1) is 29.1. The van der Waals surface area contributed by atoms with Crippen LogP contribution >= 0.6 is 0 Å². The van der Waals surface area contributed by atoms with Crippen LogP contribution in [0.5, 0.6) is 0 Å². The van der Waals surface area contributed by atoms with Gasteiger partial charge in [-0.1, -0.05) is 32.9 Å². The number of hydrogen-bond acceptors (Lipinski definition) is 6. The van der Waals surface area contributed by atoms with Crippen molar-refractivity contribution in [3.63, 3.8) is 0 Å². The van der Waals surface area contributed by atoms with Gasteiger partial charge in [-0.3, -0.25) is 9.36 Å². The van der Waals surface area contributed by atoms with Crippen LogP contribution in [0, 0.1) is 22.2 Å². The van der Waals surface area contributed by atoms with E-state index in [2.05, 4.69) is 47.4 Å². The normalized spacial score (nSPS) is 20.4. The van der Waals surface area contributed by atoms with Crippen molar-refractivity contribution in [2.45, 2.75) is 103 Å². The molecule has 0 spiro atoms. The van der Waals surface area contributed by atoms with Crippen LogP contribution in [0.1, 0.15) is 85.0 Å². The second kappa shape index (κ2) is 11.7. The van der Waals surface area contributed by atoms with E-state index in [0.29, 0.717) is 37.0 Å². The zero-order valence-corrected chi connectivity index (χ0v) is 24.5. The van der Waals surface area contributed by atoms with Crippen LogP contribution < -0.4 is 16.3 Å². The van der Waals surface area contributed by atoms with Gasteiger partial charge in [0.15, 0.2) is 0 Å². The zero-order chi connectivity index (χ0) is 28.3. The Morgan fingerprint density at radius 2 is 1.77 bits per heavy atom. The number of carbonyl (C=O) groups is 1. The summed E-state index contributed by atoms with van der Waals surface area (Å²) in [6.45, 7) is 8.35. The molecule has 8 nitrogen and oxygen atoms in total. The lowest BCUT2D eigenvalue weighted by Crippen LogP contribution is -2.52. The molecule has 2 aromatic rings. The molecule has 0 saturated heterocycles. The van der Waals surface area contributed by atoms with Crippen LogP contribution in [-0.2, 0) is 11.3 Å². The fourth-order valence-corrected chi connectivity index (χ4v) is 6.27. The van der Waals surface area contributed by atoms with Crippen molar-refractivity contribution in [3.8, 4) is 6.07 Å². The Bertz CT molecular complexity index is 1260. The Labute approximate surface area is 233 Å². The number of amides is 1. The summed E-state index contributed by atoms with van der Waals surface area (Å²) in [4.78, 5) is 33.7. The summed E-state index contributed by atoms with van der Waals surface area (Å²) in [6, 6.07) is 9.57. The van der Waals surface area contributed by atoms with Gasteiger partial charge in [-0.2, -0.15) is 10.2 Å². The fourth-order valence-electron chi connectivity index (χ4n) is 6.27. The fraction of sp³-hybridized carbons (Fsp3) is 0.677. The maximum Gasteiger partial charge on any atom is 0.350 e. The van der Waals surface area contributed by atoms with Gasteiger partial charge in [-0.15, -0.1) is 0 Å². The number of fused-ring (bicyclic) bond motifs is 1. The quantitative estimate of drug-likeness (QED) is 0.441. The molecule has 212 valence electrons. The lowest BCUT2D eigenvalue weighted by molar-refractivity contribution is -0.124. The van der Waals surface area contributed by atoms with Crippen LogP contribution in [0.2, 0.25) is 0 Å². The molecule has 8 heteroatoms. The molecule has 0 bridgehead atoms. The third-order valence-electron chi connectivity index (χ3n) is 9.04. The average Bonchev–Trinajstić information content (AvgIpc) is 3.36. The molecule has 2 saturated carbocycles. The first-order chi connectivity index (χ1) is 18.4. The predicted octanol–water partition coefficient (Wildman–Crippen LogP) is 5.08. The van der Waals surface area contributed by atoms with E-state index < -0.39 is 11.6 Å². The van der Waals surface area contributed by atoms with Gasteiger partial charge in [0.1, 0.15) is 17.4 Å². The third kappa shape index (κ3) is 7.00. The van der Waals surface area contributed by atoms with Crippen molar-refractivity contribution in [1.82, 2.24) is 19.8 Å². The molecule has 2 aliphatic rings. The second-order valence-corrected chi connectivity index (χ2v) is 13.3. The van der Waals surface area contributed by atoms with Gasteiger partial charge in [0.05, 0.1) is 11.6 Å². The number of carbonyl (C=O) groups excluding carboxylic acids is 1. The van der Waals surface area contributed by atoms with E-state index >= 15 is 0 Å². The summed E-state index contributed by atoms with van der Waals surface area (Å²) in [5.41, 5.74) is -0.0138. The van der Waals surface area contributed by atoms with Crippen LogP contribution in [0.3, 0.4) is 0 Å². The standard InChI is InChI=1S/C31H46N6O2/c1-29(2)15-17-30(3,18-16-29)21-24(27(38)35-31(22-32)13-8-9-14-31)33-26-23-11-6-7-12-25(23)37(28(39)34-26)20-10-19-36(4)5/h6-7,11-12,24H,8-10,13-21H2,1-5H3,(H,35,38)(H,33,34,39). The molecule has 1 unspecified atom stereocenters. The monoisotopic (exact) mass is 534 g/mol. The summed E-state index contributed by atoms with van der Waals surface area (Å²) >= 11 is 0. The van der Waals surface area contributed by atoms with Gasteiger partial charge >= 0.3 is 5.69 Å². The molecule has 1 atom stereocenters. The predicted molar refractivity (Wildman–Crippen MR) is 157 cm³/mol. The van der Waals surface area contributed by atoms with Gasteiger partial charge in [-0.05, 0) is 108 Å². The molecule has 4 rings (SSSR count). The van der Waals surface area contributed by atoms with Crippen LogP contribution in [-0.4, -0.2) is 52.6 Å². The SMILES string of the molecule is CN(C)CCCn1c(=O)nc(NC(CC2(C)CCC(C)(C)CC2)C(=O)NC2(C#N)CCCC2)c2ccccc21. The molecular formula is C31H46N6O2. The number of rotatable bonds is 10. The van der Waals surface area contributed by atoms with Crippen molar-refractivity contribution in [3.05, 3.63) is 34.7 Å². The molecule has 0 radical (unpaired) electrons. The van der Waals surface area contributed by atoms with Gasteiger partial charge in [0.2, 0.25) is 5.91 Å². The van der Waals surface area contributed by atoms with E-state index in [1.807, 2.05) is 38.4 Å². The van der Waals surface area contributed by atoms with Gasteiger partial charge in [0.25, 0.3) is 0 Å². The van der Waals surface area contributed by atoms with Crippen LogP contribution in [0.25, 0.3) is 10.9 Å². The van der Waals surface area contributed by atoms with Crippen molar-refractivity contribution in [1.29, 1.82) is 5.26 Å². The molecule has 0 aliphatic heterocycles. The van der Waals surface area contributed by atoms with Gasteiger partial charge in [-0.25, -0.2) is 4.79 Å². The van der Waals surface area contributed by atoms with E-state index in [0.717, 1.165) is 62.4 Å². The number of benzene rings is 1. The molecular weight excluding hydrogens is 488 g/mol. The molecule has 1 aromatic carbocycles. The number of aryl methyl sites for hydroxylation is 1. The number of aromatic nitrogens is 2. The lowest BCUT2D eigenvalue weighted by atomic mass is 9.64. The minimum Gasteiger partial charge on any atom is -0.358 e. The highest BCUT2D eigenvalue weighted by molar-refractivity contribution is 5.92. The lowest BCUT2D eigenvalue weighted by Gasteiger charge is -2.43. The number of nitrogens with one attached hydrogen (secondary N) is 2. The Hall–Kier alpha value is -2.92. The highest BCUT2D eigenvalue weighted by atomic mass is 16.2. The maximum atomic E-state index is 13.9. The van der Waals surface area contributed by atoms with E-state index in [1.54, 1.807) is 4.57 Å². The van der Waals surface area contributed by atoms with E-state index in [9.17, 15) is 14.9 Å². The Morgan fingerprint density at radius 1 is 1.10 bits per heavy atom. The smallest absolute Gasteiger partial charge is 0.350 e. The first-order valence-corrected chi connectivity index (χ1v) is 14.6. The van der Waals surface area contributed by atoms with Gasteiger partial charge < -0.3 is 15.5 Å². The summed E-state index contributed by atoms with van der Waals surface area (Å²) in [6.07, 6.45) is 9.00. The summed E-state index contributed by atoms with van der Waals surface area (Å²) in [5, 5.41) is 17.3. The highest BCUT2D eigenvalue weighted by Crippen LogP contribution is 2.47. The summed E-state index contributed by atoms with van der Waals surface area (Å²) in [5.74, 6) is 0.266. The summed E-state index contributed by atoms with van der Waals surface area (Å²) in [7, 11) is 4.04. The number of anilines is 1. The van der Waals surface area contributed by atoms with Crippen molar-refractivity contribution in [2.24, 2.45) is 10.8 Å². The Balaban J connectivity index is 1.65. The van der Waals surface area contributed by atoms with Crippen molar-refractivity contribution >= 4 is 22.6 Å². The minimum absolute atomic E-state index is 0.0169. The molecule has 2 N–H and O–H groups in total. The topological polar surface area (TPSA) is 103 Å². The largest absolute Gasteiger partial charge is 0.358 e. The minimum atomic E-state index is -0.808. The van der Waals surface area contributed by atoms with Crippen LogP contribution in [0.4, 0.5) is 5.82 Å². The molecule has 1 heterocycles. The number of para-hydroxylation sites is 1. The molecule has 39 heavy (non-hydrogen) atoms. The number of hydrogen-bond donors (Lipinski definition) is 2. The molecule has 1 aromatic heterocycles. The van der Waals surface area contributed by atoms with Gasteiger partial charge in [0, 0.05) is 11.9 Å². The maximum absolute atomic E-state index is 13.9. The third-order valence-corrected chi connectivity index (χ3v) is 9.04. The van der Waals surface area contributed by atoms with Crippen molar-refractivity contribution in [2.75, 3.05) is 26.0 Å². The van der Waals surface area contributed by atoms with E-state index in [4.69, 9.17) is 0 Å². The van der Waals surface area contributed by atoms with E-state index in [1.165, 1.54) is 0 Å². The Kier molecular flexibility index (Phi) is 8.70. The molecule has 1 amide bonds. The van der Waals surface area contributed by atoms with Crippen molar-refractivity contribution < 1.29 is 4.79 Å². The Morgan fingerprint density at radius 3 is 2.41 bits per heavy atom. The molecule has 2 fully saturated rings. The second-order valence-electron chi connectivity index (χ2n) is 13.3. The van der Waals surface area contributed by atoms with Crippen LogP contribution in [0.15, 0.2) is 29.1 Å². The summed E-state index contributed by atoms with van der Waals surface area (Å²) < 4.78 is 1.73. The number of nitrogens with zero attached hydrogens (tertiary/aromatic N) is 4. The molecule has 2 aliphatic carbocycles. The van der Waals surface area contributed by atoms with E-state index in [-0.39, 0.29) is 17.0 Å². The highest BCUT2D eigenvalue weighted by Gasteiger charge is 2.41. The average molecular weight is 535 g/mol. The zero-order valence-electron chi connectivity index (χ0n) is 24.5. The number of nitriles is 1. The first-order valence-electron chi connectivity index (χ1n) is 14.6.